The largest absolute Gasteiger partial charge is 0.497 e. The van der Waals surface area contributed by atoms with Crippen LogP contribution in [0.4, 0.5) is 0 Å². The zero-order chi connectivity index (χ0) is 41.4. The quantitative estimate of drug-likeness (QED) is 0.198. The maximum absolute atomic E-state index is 14.1. The van der Waals surface area contributed by atoms with Crippen LogP contribution in [0.1, 0.15) is 53.9 Å². The fourth-order valence-corrected chi connectivity index (χ4v) is 8.28. The molecule has 15 nitrogen and oxygen atoms in total. The van der Waals surface area contributed by atoms with Gasteiger partial charge >= 0.3 is 5.97 Å². The van der Waals surface area contributed by atoms with Gasteiger partial charge in [-0.05, 0) is 59.0 Å². The van der Waals surface area contributed by atoms with Crippen molar-refractivity contribution in [2.75, 3.05) is 48.1 Å². The molecule has 0 aromatic heterocycles. The van der Waals surface area contributed by atoms with Gasteiger partial charge in [-0.1, -0.05) is 44.6 Å². The van der Waals surface area contributed by atoms with Crippen LogP contribution < -0.4 is 0 Å². The van der Waals surface area contributed by atoms with E-state index in [0.717, 1.165) is 5.57 Å². The lowest BCUT2D eigenvalue weighted by molar-refractivity contribution is -0.304. The van der Waals surface area contributed by atoms with E-state index in [1.807, 2.05) is 71.0 Å². The molecular weight excluding hydrogens is 742 g/mol. The number of aliphatic hydroxyl groups is 2. The summed E-state index contributed by atoms with van der Waals surface area (Å²) in [4.78, 5) is 29.7. The average molecular weight is 808 g/mol. The normalized spacial score (nSPS) is 45.0. The first-order valence-electron chi connectivity index (χ1n) is 20.2. The van der Waals surface area contributed by atoms with Crippen LogP contribution >= 0.6 is 0 Å². The summed E-state index contributed by atoms with van der Waals surface area (Å²) in [7, 11) is 6.74. The van der Waals surface area contributed by atoms with Crippen molar-refractivity contribution in [1.29, 1.82) is 0 Å². The van der Waals surface area contributed by atoms with Crippen LogP contribution in [0.15, 0.2) is 48.3 Å². The van der Waals surface area contributed by atoms with Gasteiger partial charge in [-0.3, -0.25) is 9.59 Å². The van der Waals surface area contributed by atoms with Crippen LogP contribution in [0.3, 0.4) is 0 Å². The molecule has 5 heterocycles. The van der Waals surface area contributed by atoms with Crippen molar-refractivity contribution in [3.05, 3.63) is 48.3 Å². The van der Waals surface area contributed by atoms with Gasteiger partial charge in [0.2, 0.25) is 0 Å². The third kappa shape index (κ3) is 11.6. The summed E-state index contributed by atoms with van der Waals surface area (Å²) in [5.74, 6) is -2.35. The summed E-state index contributed by atoms with van der Waals surface area (Å²) in [5.41, 5.74) is 0.770. The molecule has 0 amide bonds. The van der Waals surface area contributed by atoms with Gasteiger partial charge in [0.05, 0.1) is 50.3 Å². The van der Waals surface area contributed by atoms with Crippen molar-refractivity contribution in [2.45, 2.75) is 134 Å². The van der Waals surface area contributed by atoms with E-state index < -0.39 is 97.3 Å². The zero-order valence-electron chi connectivity index (χ0n) is 34.8. The first kappa shape index (κ1) is 45.5. The number of carbonyl (C=O) groups excluding carboxylic acids is 2. The third-order valence-electron chi connectivity index (χ3n) is 11.7. The Kier molecular flexibility index (Phi) is 16.9. The van der Waals surface area contributed by atoms with Crippen LogP contribution in [0.5, 0.6) is 0 Å². The molecule has 57 heavy (non-hydrogen) atoms. The molecule has 2 bridgehead atoms. The minimum atomic E-state index is -1.06. The van der Waals surface area contributed by atoms with E-state index in [0.29, 0.717) is 19.4 Å². The summed E-state index contributed by atoms with van der Waals surface area (Å²) in [6.07, 6.45) is 4.40. The van der Waals surface area contributed by atoms with Crippen molar-refractivity contribution < 1.29 is 67.2 Å². The number of esters is 1. The molecule has 0 saturated carbocycles. The molecule has 5 aliphatic rings. The average Bonchev–Trinajstić information content (AvgIpc) is 3.95. The Balaban J connectivity index is 1.47. The number of methoxy groups -OCH3 is 2. The minimum Gasteiger partial charge on any atom is -0.497 e. The molecular formula is C42H65NO14. The second kappa shape index (κ2) is 21.1. The zero-order valence-corrected chi connectivity index (χ0v) is 34.8. The molecule has 2 N–H and O–H groups in total. The highest BCUT2D eigenvalue weighted by Gasteiger charge is 2.58. The number of hydrogen-bond donors (Lipinski definition) is 2. The standard InChI is InChI=1S/C42H65NO14/c1-10-30-28(22-52-41-39(49-9)38(48-8)34(46)26(5)53-41)19-23(2)13-14-29(44)24(3)20-27-15-18-50-16-11-12-17-51-31(21-32(45)54-30)25(4)36(27)55-40-35(47)33(43(6)7)37-42(56-37)57-40/h11-15,18-19,24-28,30-31,33-42,46-47H,10,16-17,20-22H2,1-9H3/b12-11+,14-13+,18-15-,23-19+/t24-,25+,26?,27+,28-,30-,31-,33?,34-,35?,36-,37+,38+,39?,40-,41-,42?/m1/s1. The van der Waals surface area contributed by atoms with Crippen molar-refractivity contribution >= 4 is 11.8 Å². The van der Waals surface area contributed by atoms with Crippen LogP contribution in [0.2, 0.25) is 0 Å². The lowest BCUT2D eigenvalue weighted by Gasteiger charge is -2.42. The number of nitrogens with zero attached hydrogens (tertiary/aromatic N) is 1. The summed E-state index contributed by atoms with van der Waals surface area (Å²) in [6, 6.07) is -0.364. The molecule has 5 aliphatic heterocycles. The van der Waals surface area contributed by atoms with E-state index in [4.69, 9.17) is 47.4 Å². The second-order valence-corrected chi connectivity index (χ2v) is 16.1. The molecule has 0 radical (unpaired) electrons. The Bertz CT molecular complexity index is 1430. The van der Waals surface area contributed by atoms with Crippen molar-refractivity contribution in [3.63, 3.8) is 0 Å². The molecule has 0 aromatic rings. The smallest absolute Gasteiger partial charge is 0.308 e. The number of rotatable bonds is 9. The van der Waals surface area contributed by atoms with Crippen LogP contribution in [-0.4, -0.2) is 155 Å². The highest BCUT2D eigenvalue weighted by atomic mass is 16.8. The number of ether oxygens (including phenoxy) is 10. The number of fused-ring (bicyclic) bond motifs is 4. The highest BCUT2D eigenvalue weighted by Crippen LogP contribution is 2.40. The SMILES string of the molecule is CC[C@H]1OC(=O)C[C@H]2OC/C=C/CO/C=C\[C@@H](C[C@@H](C)C(=O)/C=C/C(C)=C/[C@@H]1CO[C@@H]1OC(C)[C@@H](O)[C@H](OC)C1OC)[C@H](O[C@@H]1OC3O[C@H]3C(N(C)C)C1O)[C@H]2C. The molecule has 0 aliphatic carbocycles. The number of ketones is 1. The molecule has 5 rings (SSSR count). The van der Waals surface area contributed by atoms with Crippen molar-refractivity contribution in [3.8, 4) is 0 Å². The summed E-state index contributed by atoms with van der Waals surface area (Å²) >= 11 is 0. The Labute approximate surface area is 337 Å². The molecule has 0 spiro atoms. The highest BCUT2D eigenvalue weighted by molar-refractivity contribution is 5.91. The van der Waals surface area contributed by atoms with E-state index in [-0.39, 0.29) is 37.6 Å². The van der Waals surface area contributed by atoms with Gasteiger partial charge < -0.3 is 62.5 Å². The van der Waals surface area contributed by atoms with E-state index in [9.17, 15) is 19.8 Å². The van der Waals surface area contributed by atoms with Crippen LogP contribution in [-0.2, 0) is 57.0 Å². The van der Waals surface area contributed by atoms with Crippen LogP contribution in [0, 0.1) is 23.7 Å². The van der Waals surface area contributed by atoms with E-state index in [1.165, 1.54) is 14.2 Å². The number of hydrogen-bond acceptors (Lipinski definition) is 15. The third-order valence-corrected chi connectivity index (χ3v) is 11.7. The Morgan fingerprint density at radius 2 is 1.65 bits per heavy atom. The Morgan fingerprint density at radius 3 is 2.35 bits per heavy atom. The molecule has 3 saturated heterocycles. The van der Waals surface area contributed by atoms with E-state index >= 15 is 0 Å². The minimum absolute atomic E-state index is 0.0709. The summed E-state index contributed by atoms with van der Waals surface area (Å²) in [6.45, 7) is 9.91. The van der Waals surface area contributed by atoms with E-state index in [2.05, 4.69) is 0 Å². The monoisotopic (exact) mass is 807 g/mol. The van der Waals surface area contributed by atoms with Gasteiger partial charge in [-0.2, -0.15) is 0 Å². The first-order chi connectivity index (χ1) is 27.3. The predicted molar refractivity (Wildman–Crippen MR) is 206 cm³/mol. The molecule has 15 heteroatoms. The number of likely N-dealkylation sites (N-methyl/N-ethyl adjacent to an activating group) is 1. The first-order valence-corrected chi connectivity index (χ1v) is 20.2. The number of epoxide rings is 1. The summed E-state index contributed by atoms with van der Waals surface area (Å²) < 4.78 is 60.6. The van der Waals surface area contributed by atoms with Crippen molar-refractivity contribution in [2.24, 2.45) is 23.7 Å². The number of allylic oxidation sites excluding steroid dienone is 3. The predicted octanol–water partition coefficient (Wildman–Crippen LogP) is 3.07. The topological polar surface area (TPSA) is 173 Å². The Morgan fingerprint density at radius 1 is 0.912 bits per heavy atom. The van der Waals surface area contributed by atoms with Crippen LogP contribution in [0.25, 0.3) is 0 Å². The molecule has 3 fully saturated rings. The molecule has 5 unspecified atom stereocenters. The van der Waals surface area contributed by atoms with Gasteiger partial charge in [-0.15, -0.1) is 0 Å². The number of cyclic esters (lactones) is 1. The second-order valence-electron chi connectivity index (χ2n) is 16.1. The number of carbonyl (C=O) groups is 2. The van der Waals surface area contributed by atoms with Gasteiger partial charge in [0.1, 0.15) is 43.2 Å². The fourth-order valence-electron chi connectivity index (χ4n) is 8.28. The molecule has 0 aromatic carbocycles. The molecule has 322 valence electrons. The van der Waals surface area contributed by atoms with Gasteiger partial charge in [-0.25, -0.2) is 0 Å². The van der Waals surface area contributed by atoms with Crippen molar-refractivity contribution in [1.82, 2.24) is 4.90 Å². The molecule has 17 atom stereocenters. The van der Waals surface area contributed by atoms with Gasteiger partial charge in [0.25, 0.3) is 0 Å². The maximum atomic E-state index is 14.1. The van der Waals surface area contributed by atoms with E-state index in [1.54, 1.807) is 25.3 Å². The maximum Gasteiger partial charge on any atom is 0.308 e. The van der Waals surface area contributed by atoms with Gasteiger partial charge in [0, 0.05) is 37.9 Å². The fraction of sp³-hybridized carbons (Fsp3) is 0.762. The Hall–Kier alpha value is -2.54. The summed E-state index contributed by atoms with van der Waals surface area (Å²) in [5, 5.41) is 22.2. The lowest BCUT2D eigenvalue weighted by atomic mass is 9.81. The van der Waals surface area contributed by atoms with Gasteiger partial charge in [0.15, 0.2) is 24.7 Å². The number of aliphatic hydroxyl groups excluding tert-OH is 2. The lowest BCUT2D eigenvalue weighted by Crippen LogP contribution is -2.59.